The van der Waals surface area contributed by atoms with Gasteiger partial charge in [-0.1, -0.05) is 59.8 Å². The number of nitrogens with zero attached hydrogens (tertiary/aromatic N) is 4. The smallest absolute Gasteiger partial charge is 0.304 e. The van der Waals surface area contributed by atoms with Gasteiger partial charge < -0.3 is 10.0 Å². The van der Waals surface area contributed by atoms with Crippen LogP contribution >= 0.6 is 0 Å². The highest BCUT2D eigenvalue weighted by molar-refractivity contribution is 5.80. The number of hydrogen-bond acceptors (Lipinski definition) is 4. The highest BCUT2D eigenvalue weighted by atomic mass is 16.4. The first-order valence-electron chi connectivity index (χ1n) is 11.6. The van der Waals surface area contributed by atoms with Gasteiger partial charge in [0.05, 0.1) is 11.9 Å². The lowest BCUT2D eigenvalue weighted by molar-refractivity contribution is -0.137. The SMILES string of the molecule is CC(=O)N(Cc1ccccc1)Cc1cc(C(CC(=O)O)c2ccc3c(nnn3C)c2C)ccc1C. The second-order valence-electron chi connectivity index (χ2n) is 9.06. The predicted molar refractivity (Wildman–Crippen MR) is 135 cm³/mol. The molecule has 0 saturated carbocycles. The molecule has 1 unspecified atom stereocenters. The molecule has 180 valence electrons. The summed E-state index contributed by atoms with van der Waals surface area (Å²) in [5, 5.41) is 18.1. The zero-order valence-electron chi connectivity index (χ0n) is 20.5. The summed E-state index contributed by atoms with van der Waals surface area (Å²) < 4.78 is 1.71. The average Bonchev–Trinajstić information content (AvgIpc) is 3.21. The molecule has 1 N–H and O–H groups in total. The van der Waals surface area contributed by atoms with Crippen molar-refractivity contribution in [3.8, 4) is 0 Å². The number of carboxylic acid groups (broad SMARTS) is 1. The molecule has 4 aromatic rings. The van der Waals surface area contributed by atoms with E-state index in [2.05, 4.69) is 10.3 Å². The number of hydrogen-bond donors (Lipinski definition) is 1. The average molecular weight is 471 g/mol. The Morgan fingerprint density at radius 3 is 2.46 bits per heavy atom. The summed E-state index contributed by atoms with van der Waals surface area (Å²) in [7, 11) is 1.84. The molecule has 0 fully saturated rings. The maximum absolute atomic E-state index is 12.5. The molecule has 1 aromatic heterocycles. The Balaban J connectivity index is 1.71. The maximum atomic E-state index is 12.5. The van der Waals surface area contributed by atoms with Crippen molar-refractivity contribution in [1.29, 1.82) is 0 Å². The van der Waals surface area contributed by atoms with Crippen LogP contribution in [0.2, 0.25) is 0 Å². The van der Waals surface area contributed by atoms with Gasteiger partial charge in [-0.2, -0.15) is 0 Å². The third-order valence-electron chi connectivity index (χ3n) is 6.63. The zero-order chi connectivity index (χ0) is 25.1. The van der Waals surface area contributed by atoms with Crippen LogP contribution in [0.5, 0.6) is 0 Å². The van der Waals surface area contributed by atoms with E-state index in [1.54, 1.807) is 11.6 Å². The third-order valence-corrected chi connectivity index (χ3v) is 6.63. The molecular weight excluding hydrogens is 440 g/mol. The van der Waals surface area contributed by atoms with Crippen molar-refractivity contribution in [3.63, 3.8) is 0 Å². The number of aromatic nitrogens is 3. The Bertz CT molecular complexity index is 1380. The number of rotatable bonds is 8. The fourth-order valence-electron chi connectivity index (χ4n) is 4.57. The zero-order valence-corrected chi connectivity index (χ0v) is 20.5. The first-order valence-corrected chi connectivity index (χ1v) is 11.6. The molecule has 7 heteroatoms. The van der Waals surface area contributed by atoms with E-state index in [4.69, 9.17) is 0 Å². The van der Waals surface area contributed by atoms with Crippen molar-refractivity contribution in [2.45, 2.75) is 46.2 Å². The highest BCUT2D eigenvalue weighted by Crippen LogP contribution is 2.34. The molecule has 0 aliphatic rings. The summed E-state index contributed by atoms with van der Waals surface area (Å²) >= 11 is 0. The van der Waals surface area contributed by atoms with E-state index in [0.717, 1.165) is 44.4 Å². The topological polar surface area (TPSA) is 88.3 Å². The molecule has 35 heavy (non-hydrogen) atoms. The molecule has 0 bridgehead atoms. The lowest BCUT2D eigenvalue weighted by Gasteiger charge is -2.24. The number of carbonyl (C=O) groups excluding carboxylic acids is 1. The molecule has 0 spiro atoms. The lowest BCUT2D eigenvalue weighted by atomic mass is 9.84. The molecule has 0 aliphatic carbocycles. The van der Waals surface area contributed by atoms with E-state index in [1.807, 2.05) is 86.5 Å². The molecule has 4 rings (SSSR count). The molecule has 7 nitrogen and oxygen atoms in total. The number of aryl methyl sites for hydroxylation is 3. The van der Waals surface area contributed by atoms with Gasteiger partial charge in [0.15, 0.2) is 0 Å². The van der Waals surface area contributed by atoms with Crippen LogP contribution in [0.15, 0.2) is 60.7 Å². The van der Waals surface area contributed by atoms with Gasteiger partial charge in [0.1, 0.15) is 5.52 Å². The lowest BCUT2D eigenvalue weighted by Crippen LogP contribution is -2.28. The van der Waals surface area contributed by atoms with Crippen LogP contribution in [0.3, 0.4) is 0 Å². The van der Waals surface area contributed by atoms with Crippen LogP contribution in [0.1, 0.15) is 52.6 Å². The maximum Gasteiger partial charge on any atom is 0.304 e. The summed E-state index contributed by atoms with van der Waals surface area (Å²) in [5.41, 5.74) is 7.56. The third kappa shape index (κ3) is 5.24. The first kappa shape index (κ1) is 24.1. The monoisotopic (exact) mass is 470 g/mol. The van der Waals surface area contributed by atoms with Gasteiger partial charge >= 0.3 is 5.97 Å². The molecule has 0 radical (unpaired) electrons. The second kappa shape index (κ2) is 10.1. The minimum Gasteiger partial charge on any atom is -0.481 e. The van der Waals surface area contributed by atoms with Gasteiger partial charge in [-0.05, 0) is 53.3 Å². The largest absolute Gasteiger partial charge is 0.481 e. The van der Waals surface area contributed by atoms with Gasteiger partial charge in [-0.15, -0.1) is 5.10 Å². The fourth-order valence-corrected chi connectivity index (χ4v) is 4.57. The van der Waals surface area contributed by atoms with Crippen molar-refractivity contribution < 1.29 is 14.7 Å². The second-order valence-corrected chi connectivity index (χ2v) is 9.06. The Hall–Kier alpha value is -4.00. The van der Waals surface area contributed by atoms with E-state index in [-0.39, 0.29) is 18.2 Å². The molecule has 0 saturated heterocycles. The van der Waals surface area contributed by atoms with Crippen molar-refractivity contribution in [2.75, 3.05) is 0 Å². The Labute approximate surface area is 205 Å². The van der Waals surface area contributed by atoms with Gasteiger partial charge in [-0.3, -0.25) is 9.59 Å². The normalized spacial score (nSPS) is 12.0. The van der Waals surface area contributed by atoms with Crippen LogP contribution in [0.25, 0.3) is 11.0 Å². The number of carbonyl (C=O) groups is 2. The van der Waals surface area contributed by atoms with Gasteiger partial charge in [0, 0.05) is 33.0 Å². The van der Waals surface area contributed by atoms with E-state index in [1.165, 1.54) is 0 Å². The van der Waals surface area contributed by atoms with E-state index in [9.17, 15) is 14.7 Å². The number of fused-ring (bicyclic) bond motifs is 1. The predicted octanol–water partition coefficient (Wildman–Crippen LogP) is 4.74. The van der Waals surface area contributed by atoms with Crippen LogP contribution in [0.4, 0.5) is 0 Å². The molecule has 1 atom stereocenters. The van der Waals surface area contributed by atoms with Crippen molar-refractivity contribution in [2.24, 2.45) is 7.05 Å². The quantitative estimate of drug-likeness (QED) is 0.402. The van der Waals surface area contributed by atoms with Crippen molar-refractivity contribution in [1.82, 2.24) is 19.9 Å². The Morgan fingerprint density at radius 2 is 1.77 bits per heavy atom. The minimum absolute atomic E-state index is 0.00955. The van der Waals surface area contributed by atoms with Crippen LogP contribution in [-0.2, 0) is 29.7 Å². The first-order chi connectivity index (χ1) is 16.7. The standard InChI is InChI=1S/C28H30N4O3/c1-18-10-11-22(14-23(18)17-32(20(3)33)16-21-8-6-5-7-9-21)25(15-27(34)35)24-12-13-26-28(19(24)2)29-30-31(26)4/h5-14,25H,15-17H2,1-4H3,(H,34,35). The van der Waals surface area contributed by atoms with Gasteiger partial charge in [0.2, 0.25) is 5.91 Å². The summed E-state index contributed by atoms with van der Waals surface area (Å²) in [4.78, 5) is 26.1. The highest BCUT2D eigenvalue weighted by Gasteiger charge is 2.23. The molecular formula is C28H30N4O3. The van der Waals surface area contributed by atoms with E-state index < -0.39 is 5.97 Å². The fraction of sp³-hybridized carbons (Fsp3) is 0.286. The summed E-state index contributed by atoms with van der Waals surface area (Å²) in [6.45, 7) is 6.53. The van der Waals surface area contributed by atoms with Gasteiger partial charge in [0.25, 0.3) is 0 Å². The van der Waals surface area contributed by atoms with Crippen molar-refractivity contribution in [3.05, 3.63) is 94.0 Å². The Morgan fingerprint density at radius 1 is 1.03 bits per heavy atom. The summed E-state index contributed by atoms with van der Waals surface area (Å²) in [6, 6.07) is 19.9. The number of benzene rings is 3. The molecule has 1 heterocycles. The molecule has 0 aliphatic heterocycles. The van der Waals surface area contributed by atoms with Gasteiger partial charge in [-0.25, -0.2) is 4.68 Å². The summed E-state index contributed by atoms with van der Waals surface area (Å²) in [6.07, 6.45) is -0.0461. The van der Waals surface area contributed by atoms with E-state index in [0.29, 0.717) is 13.1 Å². The van der Waals surface area contributed by atoms with E-state index >= 15 is 0 Å². The minimum atomic E-state index is -0.870. The number of aliphatic carboxylic acids is 1. The molecule has 1 amide bonds. The van der Waals surface area contributed by atoms with Crippen LogP contribution in [-0.4, -0.2) is 36.9 Å². The molecule has 3 aromatic carbocycles. The number of amides is 1. The number of carboxylic acids is 1. The summed E-state index contributed by atoms with van der Waals surface area (Å²) in [5.74, 6) is -1.23. The van der Waals surface area contributed by atoms with Crippen LogP contribution < -0.4 is 0 Å². The Kier molecular flexibility index (Phi) is 6.96. The van der Waals surface area contributed by atoms with Crippen molar-refractivity contribution >= 4 is 22.9 Å². The van der Waals surface area contributed by atoms with Crippen LogP contribution in [0, 0.1) is 13.8 Å².